The van der Waals surface area contributed by atoms with Crippen LogP contribution in [0.15, 0.2) is 65.7 Å². The zero-order valence-electron chi connectivity index (χ0n) is 16.8. The quantitative estimate of drug-likeness (QED) is 0.493. The summed E-state index contributed by atoms with van der Waals surface area (Å²) < 4.78 is 17.8. The molecule has 0 aliphatic rings. The van der Waals surface area contributed by atoms with Gasteiger partial charge in [0.25, 0.3) is 0 Å². The zero-order chi connectivity index (χ0) is 20.0. The van der Waals surface area contributed by atoms with Crippen LogP contribution in [0, 0.1) is 5.82 Å². The van der Waals surface area contributed by atoms with Crippen LogP contribution in [0.2, 0.25) is 0 Å². The van der Waals surface area contributed by atoms with Crippen molar-refractivity contribution in [2.24, 2.45) is 7.05 Å². The van der Waals surface area contributed by atoms with Gasteiger partial charge in [-0.15, -0.1) is 0 Å². The predicted octanol–water partition coefficient (Wildman–Crippen LogP) is 0.656. The molecule has 2 N–H and O–H groups in total. The minimum absolute atomic E-state index is 0. The van der Waals surface area contributed by atoms with Crippen molar-refractivity contribution in [1.29, 1.82) is 0 Å². The number of fused-ring (bicyclic) bond motifs is 1. The normalized spacial score (nSPS) is 10.7. The van der Waals surface area contributed by atoms with Crippen molar-refractivity contribution < 1.29 is 50.4 Å². The van der Waals surface area contributed by atoms with E-state index >= 15 is 0 Å². The van der Waals surface area contributed by atoms with Gasteiger partial charge in [0, 0.05) is 42.5 Å². The van der Waals surface area contributed by atoms with E-state index in [0.717, 1.165) is 23.2 Å². The average molecular weight is 402 g/mol. The number of pyridine rings is 1. The van der Waals surface area contributed by atoms with E-state index in [-0.39, 0.29) is 42.4 Å². The first-order valence-corrected chi connectivity index (χ1v) is 8.39. The molecule has 0 spiro atoms. The molecule has 142 valence electrons. The summed E-state index contributed by atoms with van der Waals surface area (Å²) >= 11 is 0. The molecular weight excluding hydrogens is 386 g/mol. The SMILES string of the molecule is Cn1ccc2cc(-c3cc(=O)c(C(=O)O)cn3-c3ccc(O)cc3F)ccc21.[H-].[Na+]. The summed E-state index contributed by atoms with van der Waals surface area (Å²) in [7, 11) is 1.91. The number of rotatable bonds is 3. The Bertz CT molecular complexity index is 1320. The molecule has 8 heteroatoms. The zero-order valence-corrected chi connectivity index (χ0v) is 17.8. The van der Waals surface area contributed by atoms with E-state index in [1.807, 2.05) is 36.0 Å². The van der Waals surface area contributed by atoms with Gasteiger partial charge >= 0.3 is 35.5 Å². The number of aryl methyl sites for hydroxylation is 1. The first-order valence-electron chi connectivity index (χ1n) is 8.39. The van der Waals surface area contributed by atoms with Crippen LogP contribution < -0.4 is 35.0 Å². The fourth-order valence-electron chi connectivity index (χ4n) is 3.25. The standard InChI is InChI=1S/C21H15FN2O4.Na.H/c1-23-7-6-13-8-12(2-4-17(13)23)19-10-20(26)15(21(27)28)11-24(19)18-5-3-14(25)9-16(18)22;;/h2-11,25H,1H3,(H,27,28);;/q;+1;-1. The number of hydrogen-bond acceptors (Lipinski definition) is 3. The fourth-order valence-corrected chi connectivity index (χ4v) is 3.25. The second-order valence-corrected chi connectivity index (χ2v) is 6.45. The number of carboxylic acid groups (broad SMARTS) is 1. The maximum atomic E-state index is 14.5. The number of phenols is 1. The molecular formula is C21H16FN2NaO4. The number of carboxylic acids is 1. The largest absolute Gasteiger partial charge is 1.00 e. The van der Waals surface area contributed by atoms with Crippen molar-refractivity contribution in [3.63, 3.8) is 0 Å². The summed E-state index contributed by atoms with van der Waals surface area (Å²) in [6.07, 6.45) is 3.00. The van der Waals surface area contributed by atoms with Gasteiger partial charge in [-0.3, -0.25) is 4.79 Å². The van der Waals surface area contributed by atoms with E-state index in [1.165, 1.54) is 22.8 Å². The van der Waals surface area contributed by atoms with Crippen LogP contribution in [-0.2, 0) is 7.05 Å². The van der Waals surface area contributed by atoms with Crippen molar-refractivity contribution >= 4 is 16.9 Å². The molecule has 4 rings (SSSR count). The van der Waals surface area contributed by atoms with Crippen LogP contribution in [0.25, 0.3) is 27.8 Å². The van der Waals surface area contributed by atoms with Crippen molar-refractivity contribution in [2.75, 3.05) is 0 Å². The van der Waals surface area contributed by atoms with Gasteiger partial charge in [0.1, 0.15) is 11.3 Å². The first-order chi connectivity index (χ1) is 13.3. The van der Waals surface area contributed by atoms with Crippen molar-refractivity contribution in [1.82, 2.24) is 9.13 Å². The molecule has 0 aliphatic carbocycles. The van der Waals surface area contributed by atoms with Crippen LogP contribution in [0.3, 0.4) is 0 Å². The monoisotopic (exact) mass is 402 g/mol. The van der Waals surface area contributed by atoms with Gasteiger partial charge in [0.15, 0.2) is 11.2 Å². The second-order valence-electron chi connectivity index (χ2n) is 6.45. The second kappa shape index (κ2) is 7.87. The van der Waals surface area contributed by atoms with Gasteiger partial charge in [-0.1, -0.05) is 6.07 Å². The van der Waals surface area contributed by atoms with E-state index in [9.17, 15) is 24.2 Å². The summed E-state index contributed by atoms with van der Waals surface area (Å²) in [5, 5.41) is 19.7. The maximum Gasteiger partial charge on any atom is 1.00 e. The van der Waals surface area contributed by atoms with Crippen molar-refractivity contribution in [2.45, 2.75) is 0 Å². The number of carbonyl (C=O) groups is 1. The molecule has 29 heavy (non-hydrogen) atoms. The molecule has 0 amide bonds. The number of halogens is 1. The van der Waals surface area contributed by atoms with Gasteiger partial charge in [-0.25, -0.2) is 9.18 Å². The summed E-state index contributed by atoms with van der Waals surface area (Å²) in [6.45, 7) is 0. The average Bonchev–Trinajstić information content (AvgIpc) is 3.02. The van der Waals surface area contributed by atoms with E-state index in [0.29, 0.717) is 11.3 Å². The molecule has 4 aromatic rings. The Kier molecular flexibility index (Phi) is 5.66. The maximum absolute atomic E-state index is 14.5. The number of nitrogens with zero attached hydrogens (tertiary/aromatic N) is 2. The Balaban J connectivity index is 0.00000160. The van der Waals surface area contributed by atoms with E-state index in [2.05, 4.69) is 0 Å². The number of aromatic nitrogens is 2. The van der Waals surface area contributed by atoms with Gasteiger partial charge in [-0.05, 0) is 35.9 Å². The van der Waals surface area contributed by atoms with Crippen LogP contribution in [-0.4, -0.2) is 25.3 Å². The fraction of sp³-hybridized carbons (Fsp3) is 0.0476. The molecule has 2 aromatic carbocycles. The van der Waals surface area contributed by atoms with E-state index < -0.39 is 22.8 Å². The van der Waals surface area contributed by atoms with Crippen molar-refractivity contribution in [3.05, 3.63) is 82.5 Å². The third kappa shape index (κ3) is 3.72. The van der Waals surface area contributed by atoms with Crippen LogP contribution in [0.5, 0.6) is 5.75 Å². The molecule has 0 saturated heterocycles. The number of aromatic hydroxyl groups is 1. The molecule has 0 aliphatic heterocycles. The van der Waals surface area contributed by atoms with Gasteiger partial charge < -0.3 is 20.8 Å². The smallest absolute Gasteiger partial charge is 1.00 e. The summed E-state index contributed by atoms with van der Waals surface area (Å²) in [6, 6.07) is 12.1. The van der Waals surface area contributed by atoms with Gasteiger partial charge in [-0.2, -0.15) is 0 Å². The topological polar surface area (TPSA) is 84.5 Å². The van der Waals surface area contributed by atoms with Gasteiger partial charge in [0.2, 0.25) is 0 Å². The van der Waals surface area contributed by atoms with E-state index in [4.69, 9.17) is 0 Å². The molecule has 2 aromatic heterocycles. The number of hydrogen-bond donors (Lipinski definition) is 2. The Morgan fingerprint density at radius 2 is 1.86 bits per heavy atom. The van der Waals surface area contributed by atoms with Crippen LogP contribution in [0.4, 0.5) is 4.39 Å². The first kappa shape index (κ1) is 20.9. The number of benzene rings is 2. The number of phenolic OH excluding ortho intramolecular Hbond substituents is 1. The third-order valence-corrected chi connectivity index (χ3v) is 4.65. The molecule has 0 radical (unpaired) electrons. The summed E-state index contributed by atoms with van der Waals surface area (Å²) in [4.78, 5) is 23.7. The third-order valence-electron chi connectivity index (χ3n) is 4.65. The molecule has 0 unspecified atom stereocenters. The molecule has 0 bridgehead atoms. The Morgan fingerprint density at radius 3 is 2.55 bits per heavy atom. The summed E-state index contributed by atoms with van der Waals surface area (Å²) in [5.41, 5.74) is 0.813. The Labute approximate surface area is 188 Å². The number of aromatic carboxylic acids is 1. The van der Waals surface area contributed by atoms with Crippen LogP contribution in [0.1, 0.15) is 11.8 Å². The van der Waals surface area contributed by atoms with Crippen LogP contribution >= 0.6 is 0 Å². The Hall–Kier alpha value is -2.87. The van der Waals surface area contributed by atoms with E-state index in [1.54, 1.807) is 6.07 Å². The summed E-state index contributed by atoms with van der Waals surface area (Å²) in [5.74, 6) is -2.40. The molecule has 2 heterocycles. The molecule has 0 atom stereocenters. The molecule has 6 nitrogen and oxygen atoms in total. The Morgan fingerprint density at radius 1 is 1.10 bits per heavy atom. The molecule has 0 saturated carbocycles. The van der Waals surface area contributed by atoms with Gasteiger partial charge in [0.05, 0.1) is 11.4 Å². The minimum atomic E-state index is -1.40. The molecule has 0 fully saturated rings. The predicted molar refractivity (Wildman–Crippen MR) is 104 cm³/mol. The minimum Gasteiger partial charge on any atom is -1.00 e. The van der Waals surface area contributed by atoms with Crippen molar-refractivity contribution in [3.8, 4) is 22.7 Å².